The first kappa shape index (κ1) is 23.4. The third kappa shape index (κ3) is 4.15. The van der Waals surface area contributed by atoms with Crippen molar-refractivity contribution in [1.29, 1.82) is 0 Å². The normalized spacial score (nSPS) is 11.2. The Morgan fingerprint density at radius 1 is 0.917 bits per heavy atom. The first-order chi connectivity index (χ1) is 17.2. The van der Waals surface area contributed by atoms with Crippen LogP contribution in [0.2, 0.25) is 0 Å². The summed E-state index contributed by atoms with van der Waals surface area (Å²) < 4.78 is 82.6. The van der Waals surface area contributed by atoms with Crippen molar-refractivity contribution < 1.29 is 40.6 Å². The highest BCUT2D eigenvalue weighted by atomic mass is 32.1. The van der Waals surface area contributed by atoms with E-state index in [2.05, 4.69) is 9.72 Å². The third-order valence-electron chi connectivity index (χ3n) is 4.97. The van der Waals surface area contributed by atoms with Crippen LogP contribution < -0.4 is 15.1 Å². The molecule has 0 atom stereocenters. The molecule has 0 aliphatic rings. The highest BCUT2D eigenvalue weighted by Crippen LogP contribution is 2.31. The van der Waals surface area contributed by atoms with Gasteiger partial charge in [-0.1, -0.05) is 12.1 Å². The number of rotatable bonds is 5. The fourth-order valence-electron chi connectivity index (χ4n) is 3.30. The van der Waals surface area contributed by atoms with Crippen LogP contribution in [-0.2, 0) is 4.79 Å². The van der Waals surface area contributed by atoms with Gasteiger partial charge in [-0.25, -0.2) is 27.7 Å². The molecule has 182 valence electrons. The van der Waals surface area contributed by atoms with Crippen molar-refractivity contribution in [3.05, 3.63) is 88.0 Å². The minimum Gasteiger partial charge on any atom is -0.476 e. The zero-order chi connectivity index (χ0) is 25.6. The van der Waals surface area contributed by atoms with Crippen molar-refractivity contribution in [2.45, 2.75) is 0 Å². The molecule has 0 amide bonds. The van der Waals surface area contributed by atoms with E-state index < -0.39 is 53.0 Å². The van der Waals surface area contributed by atoms with Crippen molar-refractivity contribution >= 4 is 38.5 Å². The van der Waals surface area contributed by atoms with Crippen molar-refractivity contribution in [3.8, 4) is 22.1 Å². The lowest BCUT2D eigenvalue weighted by molar-refractivity contribution is -0.136. The summed E-state index contributed by atoms with van der Waals surface area (Å²) in [7, 11) is 0. The molecule has 0 aliphatic carbocycles. The molecule has 5 rings (SSSR count). The highest BCUT2D eigenvalue weighted by molar-refractivity contribution is 7.21. The second-order valence-corrected chi connectivity index (χ2v) is 8.33. The van der Waals surface area contributed by atoms with E-state index in [1.807, 2.05) is 24.3 Å². The fourth-order valence-corrected chi connectivity index (χ4v) is 4.26. The molecule has 0 saturated heterocycles. The molecule has 2 heterocycles. The van der Waals surface area contributed by atoms with Crippen LogP contribution in [0.3, 0.4) is 0 Å². The van der Waals surface area contributed by atoms with Crippen LogP contribution in [-0.4, -0.2) is 17.6 Å². The number of carbonyl (C=O) groups is 1. The van der Waals surface area contributed by atoms with Crippen molar-refractivity contribution in [1.82, 2.24) is 4.98 Å². The maximum atomic E-state index is 13.7. The third-order valence-corrected chi connectivity index (χ3v) is 6.04. The van der Waals surface area contributed by atoms with E-state index in [4.69, 9.17) is 9.15 Å². The zero-order valence-electron chi connectivity index (χ0n) is 17.6. The van der Waals surface area contributed by atoms with Crippen LogP contribution in [0.25, 0.3) is 31.8 Å². The Kier molecular flexibility index (Phi) is 5.88. The number of fused-ring (bicyclic) bond motifs is 2. The molecule has 36 heavy (non-hydrogen) atoms. The van der Waals surface area contributed by atoms with Gasteiger partial charge < -0.3 is 13.9 Å². The molecule has 3 aromatic carbocycles. The molecular weight excluding hydrogens is 509 g/mol. The maximum absolute atomic E-state index is 13.7. The summed E-state index contributed by atoms with van der Waals surface area (Å²) in [4.78, 5) is 29.0. The summed E-state index contributed by atoms with van der Waals surface area (Å²) in [5.41, 5.74) is 0.354. The Balaban J connectivity index is 1.35. The van der Waals surface area contributed by atoms with E-state index in [0.717, 1.165) is 10.2 Å². The van der Waals surface area contributed by atoms with E-state index in [9.17, 15) is 31.5 Å². The number of halogens is 5. The number of nitrogens with zero attached hydrogens (tertiary/aromatic N) is 1. The monoisotopic (exact) mass is 519 g/mol. The van der Waals surface area contributed by atoms with Crippen LogP contribution in [0.4, 0.5) is 22.0 Å². The van der Waals surface area contributed by atoms with E-state index in [1.165, 1.54) is 29.5 Å². The Bertz CT molecular complexity index is 1670. The summed E-state index contributed by atoms with van der Waals surface area (Å²) in [6.45, 7) is -1.17. The van der Waals surface area contributed by atoms with Gasteiger partial charge >= 0.3 is 11.6 Å². The number of ether oxygens (including phenoxy) is 2. The van der Waals surface area contributed by atoms with Gasteiger partial charge in [-0.05, 0) is 30.3 Å². The number of aromatic nitrogens is 1. The van der Waals surface area contributed by atoms with Gasteiger partial charge in [-0.3, -0.25) is 0 Å². The molecule has 0 radical (unpaired) electrons. The quantitative estimate of drug-likeness (QED) is 0.0735. The molecule has 6 nitrogen and oxygen atoms in total. The van der Waals surface area contributed by atoms with Crippen LogP contribution >= 0.6 is 11.3 Å². The second-order valence-electron chi connectivity index (χ2n) is 7.30. The minimum absolute atomic E-state index is 0.0656. The van der Waals surface area contributed by atoms with Gasteiger partial charge in [0.05, 0.1) is 15.8 Å². The Hall–Kier alpha value is -4.32. The average molecular weight is 519 g/mol. The average Bonchev–Trinajstić information content (AvgIpc) is 3.30. The fraction of sp³-hybridized carbons (Fsp3) is 0.0417. The lowest BCUT2D eigenvalue weighted by Gasteiger charge is -2.10. The topological polar surface area (TPSA) is 78.6 Å². The molecule has 2 aromatic heterocycles. The smallest absolute Gasteiger partial charge is 0.349 e. The molecule has 12 heteroatoms. The molecule has 0 bridgehead atoms. The number of carbonyl (C=O) groups excluding carboxylic acids is 1. The maximum Gasteiger partial charge on any atom is 0.349 e. The molecule has 5 aromatic rings. The van der Waals surface area contributed by atoms with Crippen molar-refractivity contribution in [2.75, 3.05) is 6.61 Å². The van der Waals surface area contributed by atoms with Gasteiger partial charge in [-0.15, -0.1) is 11.3 Å². The largest absolute Gasteiger partial charge is 0.476 e. The van der Waals surface area contributed by atoms with Crippen LogP contribution in [0.15, 0.2) is 57.7 Å². The predicted molar refractivity (Wildman–Crippen MR) is 118 cm³/mol. The molecule has 0 fully saturated rings. The predicted octanol–water partition coefficient (Wildman–Crippen LogP) is 5.75. The molecule has 0 N–H and O–H groups in total. The van der Waals surface area contributed by atoms with E-state index in [0.29, 0.717) is 10.4 Å². The Morgan fingerprint density at radius 2 is 1.61 bits per heavy atom. The second kappa shape index (κ2) is 9.04. The molecular formula is C24H10F5NO5S. The van der Waals surface area contributed by atoms with Gasteiger partial charge in [0.25, 0.3) is 0 Å². The summed E-state index contributed by atoms with van der Waals surface area (Å²) in [5, 5.41) is 0.953. The minimum atomic E-state index is -2.36. The van der Waals surface area contributed by atoms with Crippen molar-refractivity contribution in [3.63, 3.8) is 0 Å². The number of benzene rings is 3. The number of hydrogen-bond donors (Lipinski definition) is 0. The number of thiazole rings is 1. The number of para-hydroxylation sites is 1. The summed E-state index contributed by atoms with van der Waals surface area (Å²) in [6, 6.07) is 13.0. The molecule has 0 aliphatic heterocycles. The van der Waals surface area contributed by atoms with Gasteiger partial charge in [0.1, 0.15) is 16.3 Å². The van der Waals surface area contributed by atoms with Gasteiger partial charge in [0.2, 0.25) is 29.1 Å². The van der Waals surface area contributed by atoms with Gasteiger partial charge in [-0.2, -0.15) is 8.78 Å². The molecule has 0 unspecified atom stereocenters. The standard InChI is InChI=1S/C24H10F5NO5S/c25-17-18(26)20(28)22(21(29)19(17)27)33-9-16(31)34-11-6-5-10-7-12(24(32)35-14(10)8-11)23-30-13-3-1-2-4-15(13)36-23/h1-8H,9H2. The first-order valence-corrected chi connectivity index (χ1v) is 10.8. The van der Waals surface area contributed by atoms with Crippen LogP contribution in [0.5, 0.6) is 11.5 Å². The lowest BCUT2D eigenvalue weighted by Crippen LogP contribution is -2.19. The Labute approximate surface area is 201 Å². The molecule has 0 spiro atoms. The first-order valence-electron chi connectivity index (χ1n) is 10.0. The molecule has 0 saturated carbocycles. The SMILES string of the molecule is O=C(COc1c(F)c(F)c(F)c(F)c1F)Oc1ccc2cc(-c3nc4ccccc4s3)c(=O)oc2c1. The lowest BCUT2D eigenvalue weighted by atomic mass is 10.2. The summed E-state index contributed by atoms with van der Waals surface area (Å²) in [6.07, 6.45) is 0. The van der Waals surface area contributed by atoms with Crippen LogP contribution in [0.1, 0.15) is 0 Å². The van der Waals surface area contributed by atoms with Gasteiger partial charge in [0, 0.05) is 11.5 Å². The van der Waals surface area contributed by atoms with Crippen LogP contribution in [0, 0.1) is 29.1 Å². The highest BCUT2D eigenvalue weighted by Gasteiger charge is 2.27. The Morgan fingerprint density at radius 3 is 2.33 bits per heavy atom. The summed E-state index contributed by atoms with van der Waals surface area (Å²) in [5.74, 6) is -14.2. The van der Waals surface area contributed by atoms with Gasteiger partial charge in [0.15, 0.2) is 12.4 Å². The number of hydrogen-bond acceptors (Lipinski definition) is 7. The van der Waals surface area contributed by atoms with E-state index in [-0.39, 0.29) is 16.9 Å². The summed E-state index contributed by atoms with van der Waals surface area (Å²) >= 11 is 1.32. The number of esters is 1. The zero-order valence-corrected chi connectivity index (χ0v) is 18.4. The van der Waals surface area contributed by atoms with E-state index >= 15 is 0 Å². The van der Waals surface area contributed by atoms with E-state index in [1.54, 1.807) is 6.07 Å². The van der Waals surface area contributed by atoms with Crippen molar-refractivity contribution in [2.24, 2.45) is 0 Å².